The zero-order chi connectivity index (χ0) is 16.4. The van der Waals surface area contributed by atoms with E-state index in [0.717, 1.165) is 11.1 Å². The van der Waals surface area contributed by atoms with Crippen LogP contribution in [0.3, 0.4) is 0 Å². The molecule has 0 fully saturated rings. The molecule has 0 amide bonds. The van der Waals surface area contributed by atoms with Gasteiger partial charge in [0.15, 0.2) is 6.17 Å². The topological polar surface area (TPSA) is 80.0 Å². The summed E-state index contributed by atoms with van der Waals surface area (Å²) in [5, 5.41) is 1.01. The van der Waals surface area contributed by atoms with Crippen molar-refractivity contribution in [2.75, 3.05) is 0 Å². The number of benzene rings is 2. The van der Waals surface area contributed by atoms with Gasteiger partial charge in [0.05, 0.1) is 10.0 Å². The van der Waals surface area contributed by atoms with Crippen molar-refractivity contribution in [2.24, 2.45) is 21.5 Å². The molecule has 0 bridgehead atoms. The molecular weight excluding hydrogens is 369 g/mol. The Morgan fingerprint density at radius 2 is 1.71 bits per heavy atom. The minimum Gasteiger partial charge on any atom is -0.369 e. The zero-order valence-corrected chi connectivity index (χ0v) is 14.9. The van der Waals surface area contributed by atoms with Crippen LogP contribution in [0.15, 0.2) is 58.5 Å². The first kappa shape index (κ1) is 18.4. The van der Waals surface area contributed by atoms with Gasteiger partial charge in [-0.3, -0.25) is 0 Å². The molecule has 1 unspecified atom stereocenters. The molecule has 24 heavy (non-hydrogen) atoms. The highest BCUT2D eigenvalue weighted by molar-refractivity contribution is 6.42. The van der Waals surface area contributed by atoms with Crippen molar-refractivity contribution >= 4 is 47.5 Å². The fraction of sp³-hybridized carbons (Fsp3) is 0.125. The Labute approximate surface area is 156 Å². The van der Waals surface area contributed by atoms with Gasteiger partial charge in [-0.1, -0.05) is 59.6 Å². The summed E-state index contributed by atoms with van der Waals surface area (Å²) in [6.45, 7) is 0.489. The standard InChI is InChI=1S/C16H15Cl2N5.ClH/c17-12-7-6-10(8-13(12)18)9-23-14(11-4-2-1-3-5-11)21-15(19)22-16(23)20;/h1-8,14H,9H2,(H4,19,20,21,22);1H. The molecule has 0 saturated carbocycles. The van der Waals surface area contributed by atoms with E-state index in [2.05, 4.69) is 9.98 Å². The summed E-state index contributed by atoms with van der Waals surface area (Å²) < 4.78 is 0. The van der Waals surface area contributed by atoms with Gasteiger partial charge in [0.1, 0.15) is 0 Å². The van der Waals surface area contributed by atoms with E-state index in [4.69, 9.17) is 34.7 Å². The van der Waals surface area contributed by atoms with Crippen LogP contribution >= 0.6 is 35.6 Å². The molecule has 0 aliphatic carbocycles. The molecule has 8 heteroatoms. The minimum atomic E-state index is -0.330. The highest BCUT2D eigenvalue weighted by Crippen LogP contribution is 2.28. The summed E-state index contributed by atoms with van der Waals surface area (Å²) >= 11 is 12.0. The molecule has 0 spiro atoms. The molecule has 5 nitrogen and oxygen atoms in total. The van der Waals surface area contributed by atoms with Crippen molar-refractivity contribution in [3.8, 4) is 0 Å². The van der Waals surface area contributed by atoms with Crippen LogP contribution in [-0.4, -0.2) is 16.8 Å². The van der Waals surface area contributed by atoms with Gasteiger partial charge in [-0.15, -0.1) is 12.4 Å². The Bertz CT molecular complexity index is 777. The smallest absolute Gasteiger partial charge is 0.220 e. The summed E-state index contributed by atoms with van der Waals surface area (Å²) in [4.78, 5) is 10.3. The number of hydrogen-bond acceptors (Lipinski definition) is 5. The molecule has 0 saturated heterocycles. The van der Waals surface area contributed by atoms with Gasteiger partial charge >= 0.3 is 0 Å². The first-order valence-electron chi connectivity index (χ1n) is 6.97. The van der Waals surface area contributed by atoms with Crippen LogP contribution in [0.25, 0.3) is 0 Å². The normalized spacial score (nSPS) is 16.9. The van der Waals surface area contributed by atoms with Crippen molar-refractivity contribution in [2.45, 2.75) is 12.7 Å². The number of aliphatic imine (C=N–C) groups is 2. The summed E-state index contributed by atoms with van der Waals surface area (Å²) in [5.41, 5.74) is 13.8. The molecule has 2 aromatic rings. The maximum absolute atomic E-state index is 6.08. The van der Waals surface area contributed by atoms with Gasteiger partial charge in [0.25, 0.3) is 0 Å². The first-order chi connectivity index (χ1) is 11.0. The van der Waals surface area contributed by atoms with Gasteiger partial charge in [-0.05, 0) is 23.3 Å². The zero-order valence-electron chi connectivity index (χ0n) is 12.6. The third-order valence-electron chi connectivity index (χ3n) is 3.51. The van der Waals surface area contributed by atoms with Crippen LogP contribution in [0.2, 0.25) is 10.0 Å². The Balaban J connectivity index is 0.00000208. The van der Waals surface area contributed by atoms with Crippen LogP contribution in [-0.2, 0) is 6.54 Å². The Kier molecular flexibility index (Phi) is 5.94. The van der Waals surface area contributed by atoms with E-state index in [0.29, 0.717) is 22.5 Å². The Morgan fingerprint density at radius 1 is 1.00 bits per heavy atom. The number of rotatable bonds is 3. The first-order valence-corrected chi connectivity index (χ1v) is 7.73. The number of hydrogen-bond donors (Lipinski definition) is 2. The molecule has 126 valence electrons. The lowest BCUT2D eigenvalue weighted by Crippen LogP contribution is -2.43. The fourth-order valence-electron chi connectivity index (χ4n) is 2.41. The summed E-state index contributed by atoms with van der Waals surface area (Å²) in [5.74, 6) is 0.485. The van der Waals surface area contributed by atoms with Gasteiger partial charge in [-0.25, -0.2) is 4.99 Å². The van der Waals surface area contributed by atoms with Gasteiger partial charge in [0, 0.05) is 6.54 Å². The predicted octanol–water partition coefficient (Wildman–Crippen LogP) is 3.56. The number of halogens is 3. The highest BCUT2D eigenvalue weighted by atomic mass is 35.5. The third-order valence-corrected chi connectivity index (χ3v) is 4.25. The average molecular weight is 385 g/mol. The second-order valence-corrected chi connectivity index (χ2v) is 5.93. The molecule has 1 heterocycles. The predicted molar refractivity (Wildman–Crippen MR) is 102 cm³/mol. The second-order valence-electron chi connectivity index (χ2n) is 5.12. The Hall–Kier alpha value is -1.95. The fourth-order valence-corrected chi connectivity index (χ4v) is 2.73. The lowest BCUT2D eigenvalue weighted by atomic mass is 10.1. The van der Waals surface area contributed by atoms with Crippen molar-refractivity contribution in [1.29, 1.82) is 0 Å². The number of guanidine groups is 2. The third kappa shape index (κ3) is 3.93. The molecular formula is C16H16Cl3N5. The minimum absolute atomic E-state index is 0. The van der Waals surface area contributed by atoms with Crippen LogP contribution < -0.4 is 11.5 Å². The van der Waals surface area contributed by atoms with Gasteiger partial charge < -0.3 is 16.4 Å². The maximum atomic E-state index is 6.08. The molecule has 2 aromatic carbocycles. The van der Waals surface area contributed by atoms with Crippen molar-refractivity contribution in [3.63, 3.8) is 0 Å². The summed E-state index contributed by atoms with van der Waals surface area (Å²) in [6.07, 6.45) is -0.330. The Morgan fingerprint density at radius 3 is 2.38 bits per heavy atom. The lowest BCUT2D eigenvalue weighted by Gasteiger charge is -2.32. The quantitative estimate of drug-likeness (QED) is 0.849. The largest absolute Gasteiger partial charge is 0.369 e. The summed E-state index contributed by atoms with van der Waals surface area (Å²) in [6, 6.07) is 15.2. The molecule has 3 rings (SSSR count). The SMILES string of the molecule is Cl.NC1=NC(c2ccccc2)N(Cc2ccc(Cl)c(Cl)c2)C(N)=N1. The van der Waals surface area contributed by atoms with Crippen LogP contribution in [0.4, 0.5) is 0 Å². The van der Waals surface area contributed by atoms with Crippen molar-refractivity contribution in [1.82, 2.24) is 4.90 Å². The number of nitrogens with zero attached hydrogens (tertiary/aromatic N) is 3. The van der Waals surface area contributed by atoms with Crippen LogP contribution in [0.1, 0.15) is 17.3 Å². The second kappa shape index (κ2) is 7.75. The van der Waals surface area contributed by atoms with E-state index in [1.54, 1.807) is 12.1 Å². The van der Waals surface area contributed by atoms with Gasteiger partial charge in [-0.2, -0.15) is 4.99 Å². The number of nitrogens with two attached hydrogens (primary N) is 2. The average Bonchev–Trinajstić information content (AvgIpc) is 2.54. The summed E-state index contributed by atoms with van der Waals surface area (Å²) in [7, 11) is 0. The van der Waals surface area contributed by atoms with E-state index < -0.39 is 0 Å². The van der Waals surface area contributed by atoms with Gasteiger partial charge in [0.2, 0.25) is 11.9 Å². The van der Waals surface area contributed by atoms with Crippen molar-refractivity contribution in [3.05, 3.63) is 69.7 Å². The van der Waals surface area contributed by atoms with E-state index in [9.17, 15) is 0 Å². The van der Waals surface area contributed by atoms with Crippen molar-refractivity contribution < 1.29 is 0 Å². The maximum Gasteiger partial charge on any atom is 0.220 e. The molecule has 1 aliphatic heterocycles. The van der Waals surface area contributed by atoms with E-state index >= 15 is 0 Å². The monoisotopic (exact) mass is 383 g/mol. The van der Waals surface area contributed by atoms with E-state index in [-0.39, 0.29) is 24.5 Å². The van der Waals surface area contributed by atoms with Crippen LogP contribution in [0, 0.1) is 0 Å². The molecule has 0 aromatic heterocycles. The molecule has 1 atom stereocenters. The highest BCUT2D eigenvalue weighted by Gasteiger charge is 2.26. The van der Waals surface area contributed by atoms with E-state index in [1.807, 2.05) is 41.3 Å². The molecule has 4 N–H and O–H groups in total. The lowest BCUT2D eigenvalue weighted by molar-refractivity contribution is 0.309. The molecule has 1 aliphatic rings. The van der Waals surface area contributed by atoms with Crippen LogP contribution in [0.5, 0.6) is 0 Å². The molecule has 0 radical (unpaired) electrons. The van der Waals surface area contributed by atoms with E-state index in [1.165, 1.54) is 0 Å².